The number of para-hydroxylation sites is 1. The molecule has 2 aliphatic heterocycles. The molecule has 2 heterocycles. The van der Waals surface area contributed by atoms with Crippen molar-refractivity contribution in [2.24, 2.45) is 17.6 Å². The Morgan fingerprint density at radius 3 is 2.88 bits per heavy atom. The molecule has 1 saturated heterocycles. The van der Waals surface area contributed by atoms with E-state index in [1.165, 1.54) is 0 Å². The molecule has 0 saturated carbocycles. The van der Waals surface area contributed by atoms with Crippen LogP contribution in [0.1, 0.15) is 38.2 Å². The van der Waals surface area contributed by atoms with Crippen LogP contribution < -0.4 is 11.1 Å². The Hall–Kier alpha value is -1.59. The van der Waals surface area contributed by atoms with Gasteiger partial charge in [0.25, 0.3) is 0 Å². The lowest BCUT2D eigenvalue weighted by atomic mass is 9.88. The average Bonchev–Trinajstić information content (AvgIpc) is 2.59. The number of rotatable bonds is 4. The molecule has 0 bridgehead atoms. The molecule has 3 atom stereocenters. The summed E-state index contributed by atoms with van der Waals surface area (Å²) in [5, 5.41) is 2.96. The van der Waals surface area contributed by atoms with Crippen molar-refractivity contribution in [1.82, 2.24) is 4.90 Å². The molecule has 138 valence electrons. The normalized spacial score (nSPS) is 25.6. The maximum atomic E-state index is 12.6. The van der Waals surface area contributed by atoms with Crippen molar-refractivity contribution in [2.75, 3.05) is 18.4 Å². The zero-order valence-electron chi connectivity index (χ0n) is 14.7. The first kappa shape index (κ1) is 19.7. The molecule has 3 unspecified atom stereocenters. The van der Waals surface area contributed by atoms with Gasteiger partial charge in [-0.25, -0.2) is 0 Å². The molecule has 25 heavy (non-hydrogen) atoms. The lowest BCUT2D eigenvalue weighted by Gasteiger charge is -2.38. The highest BCUT2D eigenvalue weighted by Gasteiger charge is 2.31. The van der Waals surface area contributed by atoms with E-state index in [0.29, 0.717) is 31.7 Å². The summed E-state index contributed by atoms with van der Waals surface area (Å²) in [5.41, 5.74) is 7.90. The Morgan fingerprint density at radius 2 is 2.12 bits per heavy atom. The lowest BCUT2D eigenvalue weighted by Crippen LogP contribution is -2.49. The minimum absolute atomic E-state index is 0. The van der Waals surface area contributed by atoms with Gasteiger partial charge in [0.1, 0.15) is 0 Å². The van der Waals surface area contributed by atoms with Crippen LogP contribution >= 0.6 is 12.4 Å². The number of nitrogens with two attached hydrogens (primary N) is 1. The summed E-state index contributed by atoms with van der Waals surface area (Å²) >= 11 is 0. The van der Waals surface area contributed by atoms with Crippen LogP contribution in [0.4, 0.5) is 5.69 Å². The van der Waals surface area contributed by atoms with Gasteiger partial charge in [0.05, 0.1) is 0 Å². The SMILES string of the molecule is CC1CCN(C(=O)CCC2Cc3ccccc3NC2=O)C(CN)C1.Cl. The van der Waals surface area contributed by atoms with E-state index in [9.17, 15) is 9.59 Å². The number of amides is 2. The van der Waals surface area contributed by atoms with Crippen LogP contribution in [0, 0.1) is 11.8 Å². The zero-order chi connectivity index (χ0) is 17.1. The summed E-state index contributed by atoms with van der Waals surface area (Å²) in [4.78, 5) is 26.8. The molecule has 6 heteroatoms. The van der Waals surface area contributed by atoms with E-state index in [1.807, 2.05) is 29.2 Å². The van der Waals surface area contributed by atoms with Crippen LogP contribution in [-0.4, -0.2) is 35.8 Å². The number of likely N-dealkylation sites (tertiary alicyclic amines) is 1. The van der Waals surface area contributed by atoms with Crippen molar-refractivity contribution in [3.8, 4) is 0 Å². The zero-order valence-corrected chi connectivity index (χ0v) is 15.6. The van der Waals surface area contributed by atoms with Crippen LogP contribution in [0.3, 0.4) is 0 Å². The van der Waals surface area contributed by atoms with E-state index >= 15 is 0 Å². The van der Waals surface area contributed by atoms with Crippen molar-refractivity contribution < 1.29 is 9.59 Å². The van der Waals surface area contributed by atoms with Crippen molar-refractivity contribution in [2.45, 2.75) is 45.1 Å². The molecule has 0 aromatic heterocycles. The minimum atomic E-state index is -0.121. The number of benzene rings is 1. The topological polar surface area (TPSA) is 75.4 Å². The molecular weight excluding hydrogens is 338 g/mol. The third-order valence-electron chi connectivity index (χ3n) is 5.39. The highest BCUT2D eigenvalue weighted by atomic mass is 35.5. The fourth-order valence-corrected chi connectivity index (χ4v) is 3.89. The van der Waals surface area contributed by atoms with Gasteiger partial charge >= 0.3 is 0 Å². The van der Waals surface area contributed by atoms with Crippen LogP contribution in [0.5, 0.6) is 0 Å². The highest BCUT2D eigenvalue weighted by molar-refractivity contribution is 5.96. The maximum absolute atomic E-state index is 12.6. The molecule has 5 nitrogen and oxygen atoms in total. The van der Waals surface area contributed by atoms with Gasteiger partial charge in [0.2, 0.25) is 11.8 Å². The number of hydrogen-bond donors (Lipinski definition) is 2. The predicted octanol–water partition coefficient (Wildman–Crippen LogP) is 2.59. The molecule has 1 fully saturated rings. The first-order valence-electron chi connectivity index (χ1n) is 8.96. The third-order valence-corrected chi connectivity index (χ3v) is 5.39. The van der Waals surface area contributed by atoms with Crippen LogP contribution in [0.2, 0.25) is 0 Å². The molecule has 2 amide bonds. The molecule has 1 aromatic rings. The van der Waals surface area contributed by atoms with E-state index in [-0.39, 0.29) is 36.2 Å². The van der Waals surface area contributed by atoms with Gasteiger partial charge in [0.15, 0.2) is 0 Å². The third kappa shape index (κ3) is 4.53. The second-order valence-corrected chi connectivity index (χ2v) is 7.19. The first-order valence-corrected chi connectivity index (χ1v) is 8.96. The number of carbonyl (C=O) groups is 2. The fraction of sp³-hybridized carbons (Fsp3) is 0.579. The largest absolute Gasteiger partial charge is 0.338 e. The summed E-state index contributed by atoms with van der Waals surface area (Å²) in [7, 11) is 0. The molecular formula is C19H28ClN3O2. The Bertz CT molecular complexity index is 622. The van der Waals surface area contributed by atoms with E-state index in [1.54, 1.807) is 0 Å². The number of fused-ring (bicyclic) bond motifs is 1. The van der Waals surface area contributed by atoms with Gasteiger partial charge in [-0.2, -0.15) is 0 Å². The summed E-state index contributed by atoms with van der Waals surface area (Å²) in [6, 6.07) is 8.03. The van der Waals surface area contributed by atoms with E-state index in [4.69, 9.17) is 5.73 Å². The summed E-state index contributed by atoms with van der Waals surface area (Å²) in [6.45, 7) is 3.53. The number of halogens is 1. The summed E-state index contributed by atoms with van der Waals surface area (Å²) in [6.07, 6.45) is 3.76. The lowest BCUT2D eigenvalue weighted by molar-refractivity contribution is -0.135. The second-order valence-electron chi connectivity index (χ2n) is 7.19. The maximum Gasteiger partial charge on any atom is 0.227 e. The molecule has 3 N–H and O–H groups in total. The standard InChI is InChI=1S/C19H27N3O2.ClH/c1-13-8-9-22(16(10-13)12-20)18(23)7-6-15-11-14-4-2-3-5-17(14)21-19(15)24;/h2-5,13,15-16H,6-12,20H2,1H3,(H,21,24);1H. The average molecular weight is 366 g/mol. The van der Waals surface area contributed by atoms with E-state index < -0.39 is 0 Å². The predicted molar refractivity (Wildman–Crippen MR) is 102 cm³/mol. The van der Waals surface area contributed by atoms with Crippen molar-refractivity contribution in [3.63, 3.8) is 0 Å². The van der Waals surface area contributed by atoms with Gasteiger partial charge in [-0.05, 0) is 43.2 Å². The van der Waals surface area contributed by atoms with Crippen molar-refractivity contribution >= 4 is 29.9 Å². The quantitative estimate of drug-likeness (QED) is 0.861. The van der Waals surface area contributed by atoms with Crippen molar-refractivity contribution in [3.05, 3.63) is 29.8 Å². The number of anilines is 1. The number of nitrogens with zero attached hydrogens (tertiary/aromatic N) is 1. The molecule has 0 spiro atoms. The van der Waals surface area contributed by atoms with Crippen LogP contribution in [0.15, 0.2) is 24.3 Å². The first-order chi connectivity index (χ1) is 11.6. The molecule has 3 rings (SSSR count). The van der Waals surface area contributed by atoms with E-state index in [2.05, 4.69) is 12.2 Å². The van der Waals surface area contributed by atoms with Gasteiger partial charge in [0, 0.05) is 37.2 Å². The number of hydrogen-bond acceptors (Lipinski definition) is 3. The molecule has 0 radical (unpaired) electrons. The molecule has 0 aliphatic carbocycles. The monoisotopic (exact) mass is 365 g/mol. The Kier molecular flexibility index (Phi) is 6.85. The fourth-order valence-electron chi connectivity index (χ4n) is 3.89. The molecule has 1 aromatic carbocycles. The smallest absolute Gasteiger partial charge is 0.227 e. The van der Waals surface area contributed by atoms with Gasteiger partial charge in [-0.3, -0.25) is 9.59 Å². The van der Waals surface area contributed by atoms with Gasteiger partial charge < -0.3 is 16.0 Å². The Morgan fingerprint density at radius 1 is 1.36 bits per heavy atom. The summed E-state index contributed by atoms with van der Waals surface area (Å²) < 4.78 is 0. The van der Waals surface area contributed by atoms with Gasteiger partial charge in [-0.1, -0.05) is 25.1 Å². The van der Waals surface area contributed by atoms with E-state index in [0.717, 1.165) is 30.6 Å². The van der Waals surface area contributed by atoms with Gasteiger partial charge in [-0.15, -0.1) is 12.4 Å². The molecule has 2 aliphatic rings. The summed E-state index contributed by atoms with van der Waals surface area (Å²) in [5.74, 6) is 0.681. The number of nitrogens with one attached hydrogen (secondary N) is 1. The number of piperidine rings is 1. The highest BCUT2D eigenvalue weighted by Crippen LogP contribution is 2.28. The van der Waals surface area contributed by atoms with Crippen LogP contribution in [-0.2, 0) is 16.0 Å². The van der Waals surface area contributed by atoms with Crippen molar-refractivity contribution in [1.29, 1.82) is 0 Å². The second kappa shape index (κ2) is 8.68. The minimum Gasteiger partial charge on any atom is -0.338 e. The Labute approximate surface area is 155 Å². The van der Waals surface area contributed by atoms with Crippen LogP contribution in [0.25, 0.3) is 0 Å². The Balaban J connectivity index is 0.00000225. The number of carbonyl (C=O) groups excluding carboxylic acids is 2.